The maximum absolute atomic E-state index is 13.0. The smallest absolute Gasteiger partial charge is 0.264 e. The maximum Gasteiger partial charge on any atom is 0.264 e. The largest absolute Gasteiger partial charge is 0.384 e. The van der Waals surface area contributed by atoms with Gasteiger partial charge in [-0.2, -0.15) is 26.5 Å². The van der Waals surface area contributed by atoms with Crippen molar-refractivity contribution in [1.29, 1.82) is 0 Å². The number of para-hydroxylation sites is 2. The van der Waals surface area contributed by atoms with Gasteiger partial charge in [-0.25, -0.2) is 4.68 Å². The lowest BCUT2D eigenvalue weighted by Gasteiger charge is -2.29. The summed E-state index contributed by atoms with van der Waals surface area (Å²) in [4.78, 5) is 30.2. The highest BCUT2D eigenvalue weighted by molar-refractivity contribution is 14.1. The van der Waals surface area contributed by atoms with Gasteiger partial charge in [0.25, 0.3) is 26.1 Å². The van der Waals surface area contributed by atoms with Crippen molar-refractivity contribution in [1.82, 2.24) is 14.7 Å². The fourth-order valence-corrected chi connectivity index (χ4v) is 16.9. The van der Waals surface area contributed by atoms with E-state index < -0.39 is 26.1 Å². The van der Waals surface area contributed by atoms with Gasteiger partial charge in [0.2, 0.25) is 5.69 Å². The Kier molecular flexibility index (Phi) is 28.8. The summed E-state index contributed by atoms with van der Waals surface area (Å²) in [5, 5.41) is 8.08. The number of rotatable bonds is 41. The van der Waals surface area contributed by atoms with Crippen LogP contribution >= 0.6 is 22.6 Å². The van der Waals surface area contributed by atoms with E-state index in [-0.39, 0.29) is 33.5 Å². The molecule has 0 fully saturated rings. The van der Waals surface area contributed by atoms with E-state index in [4.69, 9.17) is 34.5 Å². The number of benzene rings is 5. The van der Waals surface area contributed by atoms with E-state index in [1.807, 2.05) is 35.9 Å². The fraction of sp³-hybridized carbons (Fsp3) is 0.470. The number of allylic oxidation sites excluding steroid dienone is 8. The van der Waals surface area contributed by atoms with Crippen molar-refractivity contribution in [2.45, 2.75) is 143 Å². The minimum Gasteiger partial charge on any atom is -0.384 e. The van der Waals surface area contributed by atoms with Crippen molar-refractivity contribution >= 4 is 82.9 Å². The summed E-state index contributed by atoms with van der Waals surface area (Å²) < 4.78 is 101. The van der Waals surface area contributed by atoms with E-state index in [1.54, 1.807) is 6.07 Å². The van der Waals surface area contributed by atoms with Crippen LogP contribution in [0.25, 0.3) is 11.3 Å². The molecule has 1 aromatic heterocycles. The number of aryl methyl sites for hydroxylation is 1. The molecule has 5 aromatic carbocycles. The molecule has 570 valence electrons. The summed E-state index contributed by atoms with van der Waals surface area (Å²) in [6, 6.07) is 39.9. The molecule has 5 N–H and O–H groups in total. The summed E-state index contributed by atoms with van der Waals surface area (Å²) >= 11 is 2.38. The lowest BCUT2D eigenvalue weighted by Crippen LogP contribution is -2.28. The Morgan fingerprint density at radius 3 is 1.98 bits per heavy atom. The average molecular weight is 1600 g/mol. The minimum absolute atomic E-state index is 0.107. The van der Waals surface area contributed by atoms with Gasteiger partial charge >= 0.3 is 0 Å². The van der Waals surface area contributed by atoms with Crippen molar-refractivity contribution in [3.8, 4) is 5.69 Å². The standard InChI is InChI=1S/C83H106IN7O13S2/c1-60-78-74(56-81(2,3)57-75(78)92)91(87-60)67-34-35-68(80(85)93)71(55-67)86-38-18-42-100-44-46-102-48-50-104-51-49-103-47-45-101-43-19-39-88(59-62-20-16-23-66(84)54-62)58-61-28-30-65(31-29-61)79-63(32-36-76-82(4,5)69-24-8-10-26-72(69)89(76)40-12-14-52-105(94,95)96)21-17-22-64(79)33-37-77-83(6,7)70-25-9-11-27-73(70)90(77)41-13-15-53-106(97,98)99/h8-11,16,20,23-37,54-55H,12-15,17-19,21-22,38-53,56-59H2,1-7H3,(H4-,85,86,93,94,95,96,97,98,99)/p+1. The lowest BCUT2D eigenvalue weighted by atomic mass is 9.75. The topological polar surface area (TPSA) is 254 Å². The number of primary amides is 1. The number of Topliss-reactive ketones (excluding diaryl/α,β-unsaturated/α-hetero) is 1. The van der Waals surface area contributed by atoms with Crippen LogP contribution < -0.4 is 16.0 Å². The maximum atomic E-state index is 13.0. The Morgan fingerprint density at radius 2 is 1.31 bits per heavy atom. The number of fused-ring (bicyclic) bond motifs is 3. The number of carbonyl (C=O) groups excluding carboxylic acids is 2. The molecule has 0 saturated heterocycles. The van der Waals surface area contributed by atoms with E-state index in [1.165, 1.54) is 42.5 Å². The molecule has 0 bridgehead atoms. The summed E-state index contributed by atoms with van der Waals surface area (Å²) in [6.07, 6.45) is 16.4. The molecule has 2 aliphatic carbocycles. The third kappa shape index (κ3) is 22.1. The highest BCUT2D eigenvalue weighted by atomic mass is 127. The average Bonchev–Trinajstić information content (AvgIpc) is 1.61. The normalized spacial score (nSPS) is 17.0. The first-order valence-corrected chi connectivity index (χ1v) is 41.6. The van der Waals surface area contributed by atoms with E-state index >= 15 is 0 Å². The van der Waals surface area contributed by atoms with E-state index in [0.29, 0.717) is 153 Å². The van der Waals surface area contributed by atoms with Gasteiger partial charge in [0.1, 0.15) is 6.54 Å². The van der Waals surface area contributed by atoms with E-state index in [2.05, 4.69) is 193 Å². The highest BCUT2D eigenvalue weighted by Gasteiger charge is 2.45. The van der Waals surface area contributed by atoms with Crippen molar-refractivity contribution in [2.24, 2.45) is 11.1 Å². The molecule has 10 rings (SSSR count). The SMILES string of the molecule is Cc1nn(-c2ccc(C(N)=O)c(NCCCOCCOCCOCCOCCOCCCN(Cc3ccc(C4=C(/C=C/C5=[N+](CCCCS(=O)(=O)O)c6ccccc6C5(C)C)CCC/C4=C\C=C4\N(CCCCS(=O)(=O)O)c5ccccc5C4(C)C)cc3)Cc3cccc(I)c3)c2)c2c1C(=O)CC(C)(C)C2. The number of aromatic nitrogens is 2. The summed E-state index contributed by atoms with van der Waals surface area (Å²) in [5.74, 6) is -0.991. The van der Waals surface area contributed by atoms with Crippen molar-refractivity contribution in [3.05, 3.63) is 210 Å². The number of nitrogens with one attached hydrogen (secondary N) is 1. The molecule has 23 heteroatoms. The first kappa shape index (κ1) is 81.5. The molecule has 0 atom stereocenters. The van der Waals surface area contributed by atoms with Crippen LogP contribution in [-0.2, 0) is 74.3 Å². The van der Waals surface area contributed by atoms with Crippen LogP contribution in [0.5, 0.6) is 0 Å². The fourth-order valence-electron chi connectivity index (χ4n) is 15.2. The Hall–Kier alpha value is -7.01. The number of amides is 1. The molecule has 2 aliphatic heterocycles. The summed E-state index contributed by atoms with van der Waals surface area (Å²) in [5.41, 5.74) is 22.9. The molecule has 20 nitrogen and oxygen atoms in total. The third-order valence-corrected chi connectivity index (χ3v) is 22.6. The van der Waals surface area contributed by atoms with Gasteiger partial charge in [-0.15, -0.1) is 0 Å². The summed E-state index contributed by atoms with van der Waals surface area (Å²) in [6.45, 7) is 23.7. The first-order valence-electron chi connectivity index (χ1n) is 37.3. The van der Waals surface area contributed by atoms with E-state index in [0.717, 1.165) is 85.0 Å². The minimum atomic E-state index is -4.08. The Labute approximate surface area is 641 Å². The number of hydrogen-bond acceptors (Lipinski definition) is 15. The van der Waals surface area contributed by atoms with Crippen LogP contribution in [0.4, 0.5) is 17.1 Å². The zero-order chi connectivity index (χ0) is 75.7. The Balaban J connectivity index is 0.713. The molecular formula is C83H107IN7O13S2+. The molecule has 6 aromatic rings. The number of nitrogens with zero attached hydrogens (tertiary/aromatic N) is 5. The number of hydrogen-bond donors (Lipinski definition) is 4. The Bertz CT molecular complexity index is 4460. The van der Waals surface area contributed by atoms with Crippen molar-refractivity contribution < 1.29 is 63.8 Å². The number of anilines is 2. The Morgan fingerprint density at radius 1 is 0.679 bits per heavy atom. The predicted molar refractivity (Wildman–Crippen MR) is 428 cm³/mol. The zero-order valence-corrected chi connectivity index (χ0v) is 66.5. The highest BCUT2D eigenvalue weighted by Crippen LogP contribution is 2.49. The lowest BCUT2D eigenvalue weighted by molar-refractivity contribution is -0.438. The van der Waals surface area contributed by atoms with Gasteiger partial charge in [-0.3, -0.25) is 23.6 Å². The number of nitrogens with two attached hydrogens (primary N) is 1. The van der Waals surface area contributed by atoms with Crippen LogP contribution in [0.1, 0.15) is 166 Å². The summed E-state index contributed by atoms with van der Waals surface area (Å²) in [7, 11) is -8.17. The molecule has 0 unspecified atom stereocenters. The second-order valence-corrected chi connectivity index (χ2v) is 34.3. The van der Waals surface area contributed by atoms with Crippen LogP contribution in [-0.4, -0.2) is 166 Å². The number of halogens is 1. The molecular weight excluding hydrogens is 1490 g/mol. The number of carbonyl (C=O) groups is 2. The molecule has 0 saturated carbocycles. The van der Waals surface area contributed by atoms with Crippen LogP contribution in [0.15, 0.2) is 156 Å². The third-order valence-electron chi connectivity index (χ3n) is 20.3. The second kappa shape index (κ2) is 37.4. The van der Waals surface area contributed by atoms with Gasteiger partial charge in [0.15, 0.2) is 11.5 Å². The molecule has 4 aliphatic rings. The van der Waals surface area contributed by atoms with Gasteiger partial charge in [-0.1, -0.05) is 113 Å². The van der Waals surface area contributed by atoms with Crippen LogP contribution in [0, 0.1) is 15.9 Å². The predicted octanol–water partition coefficient (Wildman–Crippen LogP) is 14.5. The quantitative estimate of drug-likeness (QED) is 0.0120. The number of ether oxygens (including phenoxy) is 5. The van der Waals surface area contributed by atoms with Crippen LogP contribution in [0.3, 0.4) is 0 Å². The molecule has 0 spiro atoms. The molecule has 3 heterocycles. The van der Waals surface area contributed by atoms with Gasteiger partial charge < -0.3 is 39.6 Å². The van der Waals surface area contributed by atoms with Gasteiger partial charge in [0, 0.05) is 103 Å². The molecule has 0 radical (unpaired) electrons. The van der Waals surface area contributed by atoms with Crippen LogP contribution in [0.2, 0.25) is 0 Å². The first-order chi connectivity index (χ1) is 50.7. The van der Waals surface area contributed by atoms with Crippen molar-refractivity contribution in [3.63, 3.8) is 0 Å². The van der Waals surface area contributed by atoms with Gasteiger partial charge in [0.05, 0.1) is 98.0 Å². The molecule has 106 heavy (non-hydrogen) atoms. The molecule has 1 amide bonds. The number of unbranched alkanes of at least 4 members (excludes halogenated alkanes) is 2. The monoisotopic (exact) mass is 1600 g/mol. The van der Waals surface area contributed by atoms with Crippen molar-refractivity contribution in [2.75, 3.05) is 114 Å². The van der Waals surface area contributed by atoms with E-state index in [9.17, 15) is 35.5 Å². The zero-order valence-electron chi connectivity index (χ0n) is 62.7. The van der Waals surface area contributed by atoms with Gasteiger partial charge in [-0.05, 0) is 188 Å². The number of ketones is 1. The second-order valence-electron chi connectivity index (χ2n) is 29.9.